The van der Waals surface area contributed by atoms with Gasteiger partial charge >= 0.3 is 5.97 Å². The number of carbonyl (C=O) groups excluding carboxylic acids is 2. The van der Waals surface area contributed by atoms with Crippen molar-refractivity contribution in [1.29, 1.82) is 0 Å². The molecule has 0 atom stereocenters. The summed E-state index contributed by atoms with van der Waals surface area (Å²) in [5.41, 5.74) is 1.87. The summed E-state index contributed by atoms with van der Waals surface area (Å²) in [5.74, 6) is 0.0790. The largest absolute Gasteiger partial charge is 0.452 e. The first kappa shape index (κ1) is 16.8. The maximum Gasteiger partial charge on any atom is 0.343 e. The van der Waals surface area contributed by atoms with E-state index in [0.717, 1.165) is 16.3 Å². The summed E-state index contributed by atoms with van der Waals surface area (Å²) in [5, 5.41) is 3.56. The number of benzene rings is 1. The fraction of sp³-hybridized carbons (Fsp3) is 0.312. The number of nitrogens with zero attached hydrogens (tertiary/aromatic N) is 2. The molecule has 0 saturated carbocycles. The van der Waals surface area contributed by atoms with Crippen molar-refractivity contribution in [2.45, 2.75) is 11.8 Å². The minimum Gasteiger partial charge on any atom is -0.452 e. The molecule has 1 amide bonds. The standard InChI is InChI=1S/C16H17N3O3S2/c1-10-14(15(17-2)24-18-10)16(21)22-9-13(20)19-7-8-23-12-6-4-3-5-11(12)19/h3-6,17H,7-9H2,1-2H3. The third-order valence-corrected chi connectivity index (χ3v) is 5.65. The van der Waals surface area contributed by atoms with Gasteiger partial charge in [-0.05, 0) is 30.6 Å². The highest BCUT2D eigenvalue weighted by molar-refractivity contribution is 7.99. The molecule has 0 bridgehead atoms. The predicted octanol–water partition coefficient (Wildman–Crippen LogP) is 2.79. The van der Waals surface area contributed by atoms with Crippen LogP contribution in [0, 0.1) is 6.92 Å². The predicted molar refractivity (Wildman–Crippen MR) is 96.2 cm³/mol. The second-order valence-electron chi connectivity index (χ2n) is 5.16. The Morgan fingerprint density at radius 2 is 2.17 bits per heavy atom. The topological polar surface area (TPSA) is 71.5 Å². The molecular formula is C16H17N3O3S2. The van der Waals surface area contributed by atoms with Gasteiger partial charge in [0.05, 0.1) is 11.4 Å². The van der Waals surface area contributed by atoms with E-state index >= 15 is 0 Å². The molecule has 6 nitrogen and oxygen atoms in total. The van der Waals surface area contributed by atoms with Crippen LogP contribution in [0.2, 0.25) is 0 Å². The number of esters is 1. The number of hydrogen-bond acceptors (Lipinski definition) is 7. The number of rotatable bonds is 4. The van der Waals surface area contributed by atoms with Gasteiger partial charge in [0.25, 0.3) is 5.91 Å². The Morgan fingerprint density at radius 3 is 2.96 bits per heavy atom. The molecule has 2 aromatic rings. The number of thioether (sulfide) groups is 1. The van der Waals surface area contributed by atoms with Gasteiger partial charge in [-0.3, -0.25) is 4.79 Å². The third kappa shape index (κ3) is 3.25. The van der Waals surface area contributed by atoms with E-state index in [-0.39, 0.29) is 12.5 Å². The number of hydrogen-bond donors (Lipinski definition) is 1. The summed E-state index contributed by atoms with van der Waals surface area (Å²) in [6, 6.07) is 7.75. The van der Waals surface area contributed by atoms with Crippen LogP contribution in [0.25, 0.3) is 0 Å². The highest BCUT2D eigenvalue weighted by Crippen LogP contribution is 2.34. The number of fused-ring (bicyclic) bond motifs is 1. The lowest BCUT2D eigenvalue weighted by atomic mass is 10.2. The molecule has 1 aromatic heterocycles. The molecule has 1 aliphatic heterocycles. The Kier molecular flexibility index (Phi) is 5.06. The zero-order chi connectivity index (χ0) is 17.1. The highest BCUT2D eigenvalue weighted by Gasteiger charge is 2.25. The fourth-order valence-electron chi connectivity index (χ4n) is 2.49. The smallest absolute Gasteiger partial charge is 0.343 e. The third-order valence-electron chi connectivity index (χ3n) is 3.65. The Bertz CT molecular complexity index is 776. The fourth-order valence-corrected chi connectivity index (χ4v) is 4.21. The summed E-state index contributed by atoms with van der Waals surface area (Å²) >= 11 is 2.92. The lowest BCUT2D eigenvalue weighted by Gasteiger charge is -2.28. The maximum atomic E-state index is 12.5. The first-order chi connectivity index (χ1) is 11.6. The molecule has 0 saturated heterocycles. The Balaban J connectivity index is 1.68. The van der Waals surface area contributed by atoms with Crippen molar-refractivity contribution in [2.75, 3.05) is 36.2 Å². The van der Waals surface area contributed by atoms with Crippen molar-refractivity contribution >= 4 is 45.9 Å². The van der Waals surface area contributed by atoms with Crippen molar-refractivity contribution in [3.05, 3.63) is 35.5 Å². The number of aromatic nitrogens is 1. The van der Waals surface area contributed by atoms with Crippen molar-refractivity contribution in [3.63, 3.8) is 0 Å². The number of amides is 1. The van der Waals surface area contributed by atoms with Crippen LogP contribution in [0.4, 0.5) is 10.7 Å². The van der Waals surface area contributed by atoms with Gasteiger partial charge < -0.3 is 15.0 Å². The molecule has 3 rings (SSSR count). The van der Waals surface area contributed by atoms with E-state index in [9.17, 15) is 9.59 Å². The summed E-state index contributed by atoms with van der Waals surface area (Å²) in [6.45, 7) is 2.07. The van der Waals surface area contributed by atoms with Gasteiger partial charge in [0, 0.05) is 24.2 Å². The minimum absolute atomic E-state index is 0.219. The molecule has 1 aromatic carbocycles. The molecule has 0 fully saturated rings. The number of aryl methyl sites for hydroxylation is 1. The molecule has 0 unspecified atom stereocenters. The van der Waals surface area contributed by atoms with Gasteiger partial charge in [-0.2, -0.15) is 4.37 Å². The summed E-state index contributed by atoms with van der Waals surface area (Å²) in [4.78, 5) is 27.5. The molecule has 1 N–H and O–H groups in total. The van der Waals surface area contributed by atoms with Crippen molar-refractivity contribution in [2.24, 2.45) is 0 Å². The molecular weight excluding hydrogens is 346 g/mol. The molecule has 0 aliphatic carbocycles. The molecule has 126 valence electrons. The Morgan fingerprint density at radius 1 is 1.38 bits per heavy atom. The van der Waals surface area contributed by atoms with Crippen molar-refractivity contribution in [3.8, 4) is 0 Å². The highest BCUT2D eigenvalue weighted by atomic mass is 32.2. The normalized spacial score (nSPS) is 13.3. The zero-order valence-corrected chi connectivity index (χ0v) is 15.0. The van der Waals surface area contributed by atoms with Crippen LogP contribution in [0.15, 0.2) is 29.2 Å². The van der Waals surface area contributed by atoms with E-state index in [2.05, 4.69) is 9.69 Å². The van der Waals surface area contributed by atoms with E-state index < -0.39 is 5.97 Å². The van der Waals surface area contributed by atoms with E-state index in [1.165, 1.54) is 11.5 Å². The van der Waals surface area contributed by atoms with Gasteiger partial charge in [-0.1, -0.05) is 12.1 Å². The van der Waals surface area contributed by atoms with E-state index in [0.29, 0.717) is 22.8 Å². The van der Waals surface area contributed by atoms with Crippen LogP contribution in [0.1, 0.15) is 16.1 Å². The van der Waals surface area contributed by atoms with E-state index in [1.807, 2.05) is 24.3 Å². The number of ether oxygens (including phenoxy) is 1. The molecule has 1 aliphatic rings. The molecule has 8 heteroatoms. The van der Waals surface area contributed by atoms with Gasteiger partial charge in [0.15, 0.2) is 6.61 Å². The molecule has 2 heterocycles. The molecule has 24 heavy (non-hydrogen) atoms. The number of anilines is 2. The van der Waals surface area contributed by atoms with Crippen LogP contribution in [0.3, 0.4) is 0 Å². The number of para-hydroxylation sites is 1. The summed E-state index contributed by atoms with van der Waals surface area (Å²) < 4.78 is 9.36. The first-order valence-electron chi connectivity index (χ1n) is 7.45. The van der Waals surface area contributed by atoms with E-state index in [1.54, 1.807) is 30.6 Å². The molecule has 0 radical (unpaired) electrons. The average Bonchev–Trinajstić information content (AvgIpc) is 2.99. The lowest BCUT2D eigenvalue weighted by molar-refractivity contribution is -0.121. The van der Waals surface area contributed by atoms with Crippen LogP contribution in [-0.4, -0.2) is 42.2 Å². The number of nitrogens with one attached hydrogen (secondary N) is 1. The number of carbonyl (C=O) groups is 2. The van der Waals surface area contributed by atoms with Gasteiger partial charge in [0.2, 0.25) is 0 Å². The van der Waals surface area contributed by atoms with Crippen LogP contribution < -0.4 is 10.2 Å². The quantitative estimate of drug-likeness (QED) is 0.842. The van der Waals surface area contributed by atoms with E-state index in [4.69, 9.17) is 4.74 Å². The SMILES string of the molecule is CNc1snc(C)c1C(=O)OCC(=O)N1CCSc2ccccc21. The minimum atomic E-state index is -0.529. The summed E-state index contributed by atoms with van der Waals surface area (Å²) in [7, 11) is 1.72. The van der Waals surface area contributed by atoms with Crippen LogP contribution in [0.5, 0.6) is 0 Å². The van der Waals surface area contributed by atoms with Gasteiger partial charge in [-0.15, -0.1) is 11.8 Å². The monoisotopic (exact) mass is 363 g/mol. The average molecular weight is 363 g/mol. The maximum absolute atomic E-state index is 12.5. The Hall–Kier alpha value is -2.06. The second kappa shape index (κ2) is 7.23. The van der Waals surface area contributed by atoms with Crippen LogP contribution in [-0.2, 0) is 9.53 Å². The Labute approximate surface area is 148 Å². The molecule has 0 spiro atoms. The van der Waals surface area contributed by atoms with Crippen molar-refractivity contribution < 1.29 is 14.3 Å². The van der Waals surface area contributed by atoms with Gasteiger partial charge in [-0.25, -0.2) is 4.79 Å². The summed E-state index contributed by atoms with van der Waals surface area (Å²) in [6.07, 6.45) is 0. The second-order valence-corrected chi connectivity index (χ2v) is 7.07. The first-order valence-corrected chi connectivity index (χ1v) is 9.21. The lowest BCUT2D eigenvalue weighted by Crippen LogP contribution is -2.38. The van der Waals surface area contributed by atoms with Gasteiger partial charge in [0.1, 0.15) is 10.6 Å². The van der Waals surface area contributed by atoms with Crippen LogP contribution >= 0.6 is 23.3 Å². The zero-order valence-electron chi connectivity index (χ0n) is 13.4. The van der Waals surface area contributed by atoms with Crippen molar-refractivity contribution in [1.82, 2.24) is 4.37 Å².